The van der Waals surface area contributed by atoms with E-state index in [1.54, 1.807) is 12.0 Å². The Morgan fingerprint density at radius 3 is 2.55 bits per heavy atom. The monoisotopic (exact) mass is 402 g/mol. The van der Waals surface area contributed by atoms with Gasteiger partial charge in [-0.1, -0.05) is 6.07 Å². The van der Waals surface area contributed by atoms with Crippen LogP contribution in [-0.2, 0) is 27.4 Å². The zero-order valence-corrected chi connectivity index (χ0v) is 17.0. The molecule has 1 aliphatic heterocycles. The van der Waals surface area contributed by atoms with Crippen LogP contribution in [0, 0.1) is 6.92 Å². The van der Waals surface area contributed by atoms with Crippen LogP contribution in [-0.4, -0.2) is 55.2 Å². The summed E-state index contributed by atoms with van der Waals surface area (Å²) in [7, 11) is 1.56. The second-order valence-corrected chi connectivity index (χ2v) is 6.88. The van der Waals surface area contributed by atoms with Gasteiger partial charge in [-0.15, -0.1) is 0 Å². The van der Waals surface area contributed by atoms with Crippen molar-refractivity contribution in [3.8, 4) is 11.5 Å². The van der Waals surface area contributed by atoms with E-state index in [0.717, 1.165) is 11.3 Å². The van der Waals surface area contributed by atoms with Crippen LogP contribution in [0.3, 0.4) is 0 Å². The zero-order valence-electron chi connectivity index (χ0n) is 17.0. The first-order chi connectivity index (χ1) is 14.0. The average molecular weight is 402 g/mol. The molecule has 0 bridgehead atoms. The Bertz CT molecular complexity index is 863. The summed E-state index contributed by atoms with van der Waals surface area (Å²) in [6, 6.07) is 9.30. The van der Waals surface area contributed by atoms with Gasteiger partial charge in [0.25, 0.3) is 0 Å². The van der Waals surface area contributed by atoms with Crippen LogP contribution in [0.5, 0.6) is 11.5 Å². The van der Waals surface area contributed by atoms with Crippen molar-refractivity contribution in [3.63, 3.8) is 0 Å². The largest absolute Gasteiger partial charge is 0.464 e. The summed E-state index contributed by atoms with van der Waals surface area (Å²) in [5, 5.41) is 0. The molecule has 2 heterocycles. The van der Waals surface area contributed by atoms with E-state index in [9.17, 15) is 9.59 Å². The number of methoxy groups -OCH3 is 1. The van der Waals surface area contributed by atoms with Gasteiger partial charge in [-0.05, 0) is 36.8 Å². The summed E-state index contributed by atoms with van der Waals surface area (Å²) in [5.74, 6) is 2.46. The molecule has 0 saturated heterocycles. The molecule has 3 rings (SSSR count). The number of benzene rings is 1. The third kappa shape index (κ3) is 5.51. The predicted octanol–water partition coefficient (Wildman–Crippen LogP) is 2.34. The fourth-order valence-electron chi connectivity index (χ4n) is 3.06. The molecule has 0 radical (unpaired) electrons. The molecule has 0 atom stereocenters. The highest BCUT2D eigenvalue weighted by molar-refractivity contribution is 5.83. The number of aryl methyl sites for hydroxylation is 1. The number of ether oxygens (including phenoxy) is 3. The standard InChI is InChI=1S/C21H26N2O6/c1-15-4-6-18(29-15)12-23(21(25)13-22(16(2)24)8-9-26-3)11-17-5-7-19-20(10-17)28-14-27-19/h4-7,10H,8-9,11-14H2,1-3H3. The topological polar surface area (TPSA) is 81.5 Å². The van der Waals surface area contributed by atoms with Gasteiger partial charge in [-0.3, -0.25) is 9.59 Å². The SMILES string of the molecule is COCCN(CC(=O)N(Cc1ccc2c(c1)OCO2)Cc1ccc(C)o1)C(C)=O. The maximum Gasteiger partial charge on any atom is 0.242 e. The fraction of sp³-hybridized carbons (Fsp3) is 0.429. The van der Waals surface area contributed by atoms with Gasteiger partial charge in [0.1, 0.15) is 11.5 Å². The number of rotatable bonds is 9. The minimum absolute atomic E-state index is 0.0249. The maximum atomic E-state index is 13.1. The number of nitrogens with zero attached hydrogens (tertiary/aromatic N) is 2. The lowest BCUT2D eigenvalue weighted by Crippen LogP contribution is -2.42. The summed E-state index contributed by atoms with van der Waals surface area (Å²) < 4.78 is 21.5. The molecule has 29 heavy (non-hydrogen) atoms. The van der Waals surface area contributed by atoms with E-state index in [1.807, 2.05) is 37.3 Å². The van der Waals surface area contributed by atoms with Crippen molar-refractivity contribution in [1.82, 2.24) is 9.80 Å². The maximum absolute atomic E-state index is 13.1. The molecule has 0 N–H and O–H groups in total. The lowest BCUT2D eigenvalue weighted by atomic mass is 10.2. The van der Waals surface area contributed by atoms with Crippen molar-refractivity contribution in [2.45, 2.75) is 26.9 Å². The Hall–Kier alpha value is -3.00. The summed E-state index contributed by atoms with van der Waals surface area (Å²) in [5.41, 5.74) is 0.900. The number of furan rings is 1. The van der Waals surface area contributed by atoms with Gasteiger partial charge in [0.2, 0.25) is 18.6 Å². The smallest absolute Gasteiger partial charge is 0.242 e. The van der Waals surface area contributed by atoms with E-state index in [1.165, 1.54) is 11.8 Å². The number of amides is 2. The van der Waals surface area contributed by atoms with Crippen LogP contribution in [0.2, 0.25) is 0 Å². The molecule has 0 unspecified atom stereocenters. The summed E-state index contributed by atoms with van der Waals surface area (Å²) >= 11 is 0. The lowest BCUT2D eigenvalue weighted by molar-refractivity contribution is -0.140. The Morgan fingerprint density at radius 1 is 1.07 bits per heavy atom. The number of fused-ring (bicyclic) bond motifs is 1. The highest BCUT2D eigenvalue weighted by Crippen LogP contribution is 2.33. The quantitative estimate of drug-likeness (QED) is 0.640. The molecular formula is C21H26N2O6. The summed E-state index contributed by atoms with van der Waals surface area (Å²) in [6.07, 6.45) is 0. The second-order valence-electron chi connectivity index (χ2n) is 6.88. The fourth-order valence-corrected chi connectivity index (χ4v) is 3.06. The Kier molecular flexibility index (Phi) is 6.77. The Morgan fingerprint density at radius 2 is 1.86 bits per heavy atom. The van der Waals surface area contributed by atoms with Crippen molar-refractivity contribution in [2.75, 3.05) is 33.6 Å². The molecule has 1 aromatic carbocycles. The van der Waals surface area contributed by atoms with Crippen molar-refractivity contribution in [3.05, 3.63) is 47.4 Å². The van der Waals surface area contributed by atoms with Crippen molar-refractivity contribution in [2.24, 2.45) is 0 Å². The number of hydrogen-bond acceptors (Lipinski definition) is 6. The van der Waals surface area contributed by atoms with Crippen LogP contribution in [0.25, 0.3) is 0 Å². The predicted molar refractivity (Wildman–Crippen MR) is 104 cm³/mol. The van der Waals surface area contributed by atoms with Gasteiger partial charge in [0.15, 0.2) is 11.5 Å². The second kappa shape index (κ2) is 9.47. The minimum atomic E-state index is -0.178. The van der Waals surface area contributed by atoms with E-state index in [-0.39, 0.29) is 25.2 Å². The molecule has 0 fully saturated rings. The lowest BCUT2D eigenvalue weighted by Gasteiger charge is -2.26. The van der Waals surface area contributed by atoms with Gasteiger partial charge in [-0.25, -0.2) is 0 Å². The first-order valence-electron chi connectivity index (χ1n) is 9.42. The molecule has 0 spiro atoms. The molecule has 1 aromatic heterocycles. The van der Waals surface area contributed by atoms with Crippen LogP contribution in [0.15, 0.2) is 34.7 Å². The van der Waals surface area contributed by atoms with E-state index in [0.29, 0.717) is 43.5 Å². The van der Waals surface area contributed by atoms with Gasteiger partial charge < -0.3 is 28.4 Å². The van der Waals surface area contributed by atoms with E-state index in [4.69, 9.17) is 18.6 Å². The molecule has 0 aliphatic carbocycles. The number of hydrogen-bond donors (Lipinski definition) is 0. The molecule has 8 nitrogen and oxygen atoms in total. The van der Waals surface area contributed by atoms with Gasteiger partial charge in [-0.2, -0.15) is 0 Å². The van der Waals surface area contributed by atoms with Gasteiger partial charge in [0.05, 0.1) is 19.7 Å². The van der Waals surface area contributed by atoms with Crippen molar-refractivity contribution in [1.29, 1.82) is 0 Å². The molecule has 2 amide bonds. The van der Waals surface area contributed by atoms with Crippen molar-refractivity contribution < 1.29 is 28.2 Å². The van der Waals surface area contributed by atoms with E-state index >= 15 is 0 Å². The number of carbonyl (C=O) groups excluding carboxylic acids is 2. The highest BCUT2D eigenvalue weighted by Gasteiger charge is 2.22. The van der Waals surface area contributed by atoms with Crippen molar-refractivity contribution >= 4 is 11.8 Å². The average Bonchev–Trinajstić information content (AvgIpc) is 3.32. The summed E-state index contributed by atoms with van der Waals surface area (Å²) in [6.45, 7) is 4.85. The van der Waals surface area contributed by atoms with Crippen LogP contribution in [0.4, 0.5) is 0 Å². The molecular weight excluding hydrogens is 376 g/mol. The van der Waals surface area contributed by atoms with E-state index < -0.39 is 0 Å². The molecule has 1 aliphatic rings. The first kappa shape index (κ1) is 20.7. The minimum Gasteiger partial charge on any atom is -0.464 e. The van der Waals surface area contributed by atoms with Crippen LogP contribution >= 0.6 is 0 Å². The Labute approximate surface area is 169 Å². The molecule has 0 saturated carbocycles. The molecule has 8 heteroatoms. The number of carbonyl (C=O) groups is 2. The molecule has 156 valence electrons. The van der Waals surface area contributed by atoms with Gasteiger partial charge in [0, 0.05) is 27.1 Å². The highest BCUT2D eigenvalue weighted by atomic mass is 16.7. The Balaban J connectivity index is 1.76. The zero-order chi connectivity index (χ0) is 20.8. The third-order valence-electron chi connectivity index (χ3n) is 4.64. The van der Waals surface area contributed by atoms with E-state index in [2.05, 4.69) is 0 Å². The molecule has 2 aromatic rings. The van der Waals surface area contributed by atoms with Crippen LogP contribution < -0.4 is 9.47 Å². The van der Waals surface area contributed by atoms with Crippen LogP contribution in [0.1, 0.15) is 24.0 Å². The normalized spacial score (nSPS) is 12.1. The first-order valence-corrected chi connectivity index (χ1v) is 9.42. The summed E-state index contributed by atoms with van der Waals surface area (Å²) in [4.78, 5) is 28.1. The van der Waals surface area contributed by atoms with Gasteiger partial charge >= 0.3 is 0 Å². The third-order valence-corrected chi connectivity index (χ3v) is 4.64.